The number of phenolic OH excluding ortho intramolecular Hbond substituents is 1. The van der Waals surface area contributed by atoms with Crippen molar-refractivity contribution in [1.29, 1.82) is 0 Å². The number of nitrogens with zero attached hydrogens (tertiary/aromatic N) is 2. The molecule has 10 heteroatoms. The molecular formula is C31H35Cl3N2O5. The number of esters is 1. The molecule has 2 heterocycles. The van der Waals surface area contributed by atoms with Crippen molar-refractivity contribution in [2.45, 2.75) is 81.1 Å². The fourth-order valence-corrected chi connectivity index (χ4v) is 8.74. The molecule has 1 N–H and O–H groups in total. The number of carbonyl (C=O) groups is 2. The van der Waals surface area contributed by atoms with E-state index in [0.717, 1.165) is 42.6 Å². The molecule has 2 saturated carbocycles. The smallest absolute Gasteiger partial charge is 0.303 e. The predicted octanol–water partition coefficient (Wildman–Crippen LogP) is 5.33. The number of carbonyl (C=O) groups excluding carboxylic acids is 2. The first-order chi connectivity index (χ1) is 19.1. The van der Waals surface area contributed by atoms with Crippen LogP contribution >= 0.6 is 35.6 Å². The van der Waals surface area contributed by atoms with Crippen molar-refractivity contribution < 1.29 is 24.2 Å². The number of likely N-dealkylation sites (tertiary alicyclic amines) is 1. The third kappa shape index (κ3) is 4.25. The SMILES string of the molecule is CC(=O)O[C@@]12CCC(N(C)C(=O)Cc3ccc(Cl)c(Cl)c3)C3Oc4c(O)ccc5c4[C@@]31CCN(CC1CC1)[C@@H]2C5.Cl. The number of phenols is 1. The lowest BCUT2D eigenvalue weighted by Gasteiger charge is -2.65. The van der Waals surface area contributed by atoms with Gasteiger partial charge in [0.1, 0.15) is 11.7 Å². The number of rotatable bonds is 6. The molecule has 3 fully saturated rings. The van der Waals surface area contributed by atoms with Gasteiger partial charge >= 0.3 is 5.97 Å². The van der Waals surface area contributed by atoms with Gasteiger partial charge in [0.25, 0.3) is 0 Å². The zero-order chi connectivity index (χ0) is 28.0. The maximum Gasteiger partial charge on any atom is 0.303 e. The highest BCUT2D eigenvalue weighted by atomic mass is 35.5. The molecule has 41 heavy (non-hydrogen) atoms. The summed E-state index contributed by atoms with van der Waals surface area (Å²) in [6.45, 7) is 3.38. The van der Waals surface area contributed by atoms with Gasteiger partial charge < -0.3 is 19.5 Å². The molecule has 1 amide bonds. The van der Waals surface area contributed by atoms with E-state index in [1.807, 2.05) is 19.2 Å². The Balaban J connectivity index is 0.00000302. The summed E-state index contributed by atoms with van der Waals surface area (Å²) in [4.78, 5) is 30.8. The lowest BCUT2D eigenvalue weighted by atomic mass is 9.48. The van der Waals surface area contributed by atoms with Crippen LogP contribution in [0.5, 0.6) is 11.5 Å². The number of aromatic hydroxyl groups is 1. The average Bonchev–Trinajstić information content (AvgIpc) is 3.65. The second-order valence-electron chi connectivity index (χ2n) is 12.4. The van der Waals surface area contributed by atoms with E-state index in [1.165, 1.54) is 19.8 Å². The Morgan fingerprint density at radius 2 is 1.93 bits per heavy atom. The zero-order valence-corrected chi connectivity index (χ0v) is 25.5. The van der Waals surface area contributed by atoms with Crippen LogP contribution in [0.15, 0.2) is 30.3 Å². The fraction of sp³-hybridized carbons (Fsp3) is 0.548. The molecule has 2 bridgehead atoms. The van der Waals surface area contributed by atoms with Gasteiger partial charge in [-0.05, 0) is 80.3 Å². The highest BCUT2D eigenvalue weighted by Crippen LogP contribution is 2.67. The van der Waals surface area contributed by atoms with Crippen LogP contribution < -0.4 is 4.74 Å². The number of hydrogen-bond acceptors (Lipinski definition) is 6. The van der Waals surface area contributed by atoms with Crippen LogP contribution in [-0.2, 0) is 32.6 Å². The van der Waals surface area contributed by atoms with Crippen LogP contribution in [0.4, 0.5) is 0 Å². The Hall–Kier alpha value is -2.19. The zero-order valence-electron chi connectivity index (χ0n) is 23.2. The summed E-state index contributed by atoms with van der Waals surface area (Å²) >= 11 is 12.3. The largest absolute Gasteiger partial charge is 0.504 e. The lowest BCUT2D eigenvalue weighted by Crippen LogP contribution is -2.79. The Labute approximate surface area is 256 Å². The molecule has 0 aromatic heterocycles. The number of piperidine rings is 1. The molecule has 0 radical (unpaired) electrons. The average molecular weight is 622 g/mol. The van der Waals surface area contributed by atoms with E-state index in [2.05, 4.69) is 4.90 Å². The summed E-state index contributed by atoms with van der Waals surface area (Å²) in [5.41, 5.74) is 1.49. The molecule has 2 aromatic carbocycles. The first-order valence-corrected chi connectivity index (χ1v) is 15.1. The Bertz CT molecular complexity index is 1420. The van der Waals surface area contributed by atoms with Crippen molar-refractivity contribution in [1.82, 2.24) is 9.80 Å². The van der Waals surface area contributed by atoms with Crippen LogP contribution in [0.1, 0.15) is 55.7 Å². The van der Waals surface area contributed by atoms with Crippen LogP contribution in [0.3, 0.4) is 0 Å². The maximum atomic E-state index is 13.7. The summed E-state index contributed by atoms with van der Waals surface area (Å²) in [7, 11) is 1.83. The normalized spacial score (nSPS) is 31.0. The van der Waals surface area contributed by atoms with Crippen LogP contribution in [-0.4, -0.2) is 70.7 Å². The van der Waals surface area contributed by atoms with Crippen molar-refractivity contribution in [3.63, 3.8) is 0 Å². The van der Waals surface area contributed by atoms with Crippen molar-refractivity contribution >= 4 is 47.5 Å². The molecule has 1 saturated heterocycles. The molecular weight excluding hydrogens is 587 g/mol. The lowest BCUT2D eigenvalue weighted by molar-refractivity contribution is -0.223. The predicted molar refractivity (Wildman–Crippen MR) is 158 cm³/mol. The standard InChI is InChI=1S/C31H34Cl2N2O5.ClH/c1-17(36)40-31-10-9-23(34(2)26(38)14-19-5-7-21(32)22(33)13-19)29-30(31)11-12-35(16-18-3-4-18)25(31)15-20-6-8-24(37)28(39-29)27(20)30;/h5-8,13,18,23,25,29,37H,3-4,9-12,14-16H2,1-2H3;1H/t23?,25-,29?,30+,31-;/m1./s1. The third-order valence-electron chi connectivity index (χ3n) is 10.2. The summed E-state index contributed by atoms with van der Waals surface area (Å²) in [5, 5.41) is 11.9. The monoisotopic (exact) mass is 620 g/mol. The first-order valence-electron chi connectivity index (χ1n) is 14.3. The van der Waals surface area contributed by atoms with Crippen molar-refractivity contribution in [3.8, 4) is 11.5 Å². The van der Waals surface area contributed by atoms with Gasteiger partial charge in [-0.15, -0.1) is 12.4 Å². The van der Waals surface area contributed by atoms with Crippen molar-refractivity contribution in [3.05, 3.63) is 57.1 Å². The number of benzene rings is 2. The van der Waals surface area contributed by atoms with Gasteiger partial charge in [-0.25, -0.2) is 0 Å². The Morgan fingerprint density at radius 3 is 2.63 bits per heavy atom. The molecule has 1 spiro atoms. The van der Waals surface area contributed by atoms with E-state index in [-0.39, 0.29) is 48.5 Å². The highest BCUT2D eigenvalue weighted by molar-refractivity contribution is 6.42. The van der Waals surface area contributed by atoms with Gasteiger partial charge in [0.05, 0.1) is 34.0 Å². The fourth-order valence-electron chi connectivity index (χ4n) is 8.42. The second-order valence-corrected chi connectivity index (χ2v) is 13.2. The highest BCUT2D eigenvalue weighted by Gasteiger charge is 2.75. The molecule has 2 aliphatic heterocycles. The van der Waals surface area contributed by atoms with E-state index in [0.29, 0.717) is 34.6 Å². The van der Waals surface area contributed by atoms with E-state index >= 15 is 0 Å². The summed E-state index contributed by atoms with van der Waals surface area (Å²) in [6, 6.07) is 8.75. The topological polar surface area (TPSA) is 79.3 Å². The Kier molecular flexibility index (Phi) is 7.20. The third-order valence-corrected chi connectivity index (χ3v) is 11.0. The minimum Gasteiger partial charge on any atom is -0.504 e. The van der Waals surface area contributed by atoms with E-state index in [4.69, 9.17) is 32.7 Å². The number of likely N-dealkylation sites (N-methyl/N-ethyl adjacent to an activating group) is 1. The molecule has 5 atom stereocenters. The number of hydrogen-bond donors (Lipinski definition) is 1. The van der Waals surface area contributed by atoms with Crippen molar-refractivity contribution in [2.24, 2.45) is 5.92 Å². The van der Waals surface area contributed by atoms with Gasteiger partial charge in [0, 0.05) is 26.1 Å². The molecule has 220 valence electrons. The Morgan fingerprint density at radius 1 is 1.15 bits per heavy atom. The number of amides is 1. The molecule has 3 aliphatic carbocycles. The molecule has 7 rings (SSSR count). The van der Waals surface area contributed by atoms with Gasteiger partial charge in [0.15, 0.2) is 11.5 Å². The number of ether oxygens (including phenoxy) is 2. The second kappa shape index (κ2) is 10.2. The summed E-state index contributed by atoms with van der Waals surface area (Å²) in [5.74, 6) is 0.947. The molecule has 5 aliphatic rings. The van der Waals surface area contributed by atoms with E-state index < -0.39 is 17.1 Å². The summed E-state index contributed by atoms with van der Waals surface area (Å²) < 4.78 is 13.2. The van der Waals surface area contributed by atoms with Gasteiger partial charge in [-0.1, -0.05) is 35.3 Å². The summed E-state index contributed by atoms with van der Waals surface area (Å²) in [6.07, 6.45) is 4.98. The van der Waals surface area contributed by atoms with Gasteiger partial charge in [-0.2, -0.15) is 0 Å². The number of halogens is 3. The minimum absolute atomic E-state index is 0. The molecule has 2 unspecified atom stereocenters. The maximum absolute atomic E-state index is 13.7. The van der Waals surface area contributed by atoms with Crippen LogP contribution in [0.2, 0.25) is 10.0 Å². The molecule has 2 aromatic rings. The van der Waals surface area contributed by atoms with Gasteiger partial charge in [0.2, 0.25) is 5.91 Å². The minimum atomic E-state index is -0.785. The van der Waals surface area contributed by atoms with E-state index in [9.17, 15) is 14.7 Å². The first kappa shape index (κ1) is 28.9. The quantitative estimate of drug-likeness (QED) is 0.440. The van der Waals surface area contributed by atoms with Crippen molar-refractivity contribution in [2.75, 3.05) is 20.1 Å². The van der Waals surface area contributed by atoms with Crippen LogP contribution in [0, 0.1) is 5.92 Å². The molecule has 7 nitrogen and oxygen atoms in total. The van der Waals surface area contributed by atoms with Crippen LogP contribution in [0.25, 0.3) is 0 Å². The van der Waals surface area contributed by atoms with Gasteiger partial charge in [-0.3, -0.25) is 14.5 Å². The van der Waals surface area contributed by atoms with E-state index in [1.54, 1.807) is 23.1 Å².